The highest BCUT2D eigenvalue weighted by Crippen LogP contribution is 2.21. The fourth-order valence-electron chi connectivity index (χ4n) is 2.32. The maximum Gasteiger partial charge on any atom is 0.341 e. The molecule has 0 saturated carbocycles. The van der Waals surface area contributed by atoms with Crippen LogP contribution in [0.15, 0.2) is 36.7 Å². The van der Waals surface area contributed by atoms with Gasteiger partial charge in [0.1, 0.15) is 5.56 Å². The first-order valence-electron chi connectivity index (χ1n) is 8.03. The standard InChI is InChI=1S/C18H18ClN5O2/c1-4-26-17(25)14-11-20-18-21-16(12-5-7-13(19)8-6-12)22-24(18)15(14)9-10-23(2)3/h5-11H,4H2,1-3H3. The van der Waals surface area contributed by atoms with Crippen LogP contribution in [0.25, 0.3) is 23.2 Å². The van der Waals surface area contributed by atoms with Gasteiger partial charge < -0.3 is 9.64 Å². The summed E-state index contributed by atoms with van der Waals surface area (Å²) < 4.78 is 6.66. The molecule has 3 rings (SSSR count). The molecule has 1 aromatic carbocycles. The molecule has 8 heteroatoms. The van der Waals surface area contributed by atoms with Crippen LogP contribution in [0.2, 0.25) is 5.02 Å². The van der Waals surface area contributed by atoms with Gasteiger partial charge in [-0.15, -0.1) is 5.10 Å². The van der Waals surface area contributed by atoms with Crippen molar-refractivity contribution in [2.75, 3.05) is 20.7 Å². The number of fused-ring (bicyclic) bond motifs is 1. The average Bonchev–Trinajstić information content (AvgIpc) is 3.04. The number of benzene rings is 1. The zero-order chi connectivity index (χ0) is 18.7. The summed E-state index contributed by atoms with van der Waals surface area (Å²) in [5, 5.41) is 5.15. The number of carbonyl (C=O) groups is 1. The van der Waals surface area contributed by atoms with Crippen molar-refractivity contribution in [3.8, 4) is 11.4 Å². The molecule has 134 valence electrons. The summed E-state index contributed by atoms with van der Waals surface area (Å²) in [4.78, 5) is 22.8. The molecule has 2 aromatic heterocycles. The quantitative estimate of drug-likeness (QED) is 0.641. The minimum absolute atomic E-state index is 0.279. The largest absolute Gasteiger partial charge is 0.462 e. The van der Waals surface area contributed by atoms with Crippen LogP contribution in [0.3, 0.4) is 0 Å². The van der Waals surface area contributed by atoms with Crippen molar-refractivity contribution >= 4 is 29.4 Å². The highest BCUT2D eigenvalue weighted by atomic mass is 35.5. The molecule has 0 spiro atoms. The number of nitrogens with zero attached hydrogens (tertiary/aromatic N) is 5. The van der Waals surface area contributed by atoms with E-state index in [0.29, 0.717) is 27.9 Å². The number of carbonyl (C=O) groups excluding carboxylic acids is 1. The summed E-state index contributed by atoms with van der Waals surface area (Å²) >= 11 is 5.94. The molecule has 0 atom stereocenters. The first-order chi connectivity index (χ1) is 12.5. The van der Waals surface area contributed by atoms with Gasteiger partial charge in [-0.05, 0) is 37.3 Å². The van der Waals surface area contributed by atoms with Crippen molar-refractivity contribution in [1.29, 1.82) is 0 Å². The lowest BCUT2D eigenvalue weighted by atomic mass is 10.2. The fraction of sp³-hybridized carbons (Fsp3) is 0.222. The van der Waals surface area contributed by atoms with Gasteiger partial charge >= 0.3 is 5.97 Å². The van der Waals surface area contributed by atoms with E-state index in [1.165, 1.54) is 10.7 Å². The Balaban J connectivity index is 2.16. The highest BCUT2D eigenvalue weighted by Gasteiger charge is 2.18. The molecule has 0 bridgehead atoms. The normalized spacial score (nSPS) is 11.2. The topological polar surface area (TPSA) is 72.6 Å². The molecule has 2 heterocycles. The third-order valence-electron chi connectivity index (χ3n) is 3.53. The van der Waals surface area contributed by atoms with Crippen LogP contribution in [0.5, 0.6) is 0 Å². The monoisotopic (exact) mass is 371 g/mol. The zero-order valence-electron chi connectivity index (χ0n) is 14.7. The lowest BCUT2D eigenvalue weighted by molar-refractivity contribution is 0.0525. The maximum absolute atomic E-state index is 12.3. The molecule has 0 unspecified atom stereocenters. The number of hydrogen-bond acceptors (Lipinski definition) is 6. The maximum atomic E-state index is 12.3. The minimum atomic E-state index is -0.455. The Morgan fingerprint density at radius 1 is 1.31 bits per heavy atom. The third kappa shape index (κ3) is 3.67. The molecule has 0 aliphatic rings. The van der Waals surface area contributed by atoms with E-state index in [4.69, 9.17) is 16.3 Å². The Kier molecular flexibility index (Phi) is 5.18. The molecular formula is C18H18ClN5O2. The van der Waals surface area contributed by atoms with E-state index in [9.17, 15) is 4.79 Å². The summed E-state index contributed by atoms with van der Waals surface area (Å²) in [5.74, 6) is 0.430. The molecule has 0 amide bonds. The van der Waals surface area contributed by atoms with Crippen molar-refractivity contribution < 1.29 is 9.53 Å². The van der Waals surface area contributed by atoms with Crippen molar-refractivity contribution in [3.63, 3.8) is 0 Å². The molecule has 0 radical (unpaired) electrons. The Labute approximate surface area is 155 Å². The van der Waals surface area contributed by atoms with Gasteiger partial charge in [-0.2, -0.15) is 9.50 Å². The van der Waals surface area contributed by atoms with E-state index in [1.54, 1.807) is 25.1 Å². The molecular weight excluding hydrogens is 354 g/mol. The van der Waals surface area contributed by atoms with Gasteiger partial charge in [0.25, 0.3) is 5.78 Å². The lowest BCUT2D eigenvalue weighted by Gasteiger charge is -2.08. The third-order valence-corrected chi connectivity index (χ3v) is 3.78. The Hall–Kier alpha value is -2.93. The number of esters is 1. The molecule has 0 fully saturated rings. The molecule has 0 saturated heterocycles. The second-order valence-corrected chi connectivity index (χ2v) is 6.15. The van der Waals surface area contributed by atoms with Crippen molar-refractivity contribution in [1.82, 2.24) is 24.5 Å². The van der Waals surface area contributed by atoms with E-state index >= 15 is 0 Å². The summed E-state index contributed by atoms with van der Waals surface area (Å²) in [6.45, 7) is 2.04. The van der Waals surface area contributed by atoms with E-state index < -0.39 is 5.97 Å². The average molecular weight is 372 g/mol. The molecule has 0 aliphatic carbocycles. The Morgan fingerprint density at radius 2 is 2.04 bits per heavy atom. The first kappa shape index (κ1) is 17.9. The number of rotatable bonds is 5. The number of ether oxygens (including phenoxy) is 1. The van der Waals surface area contributed by atoms with Gasteiger partial charge in [0, 0.05) is 37.1 Å². The summed E-state index contributed by atoms with van der Waals surface area (Å²) in [7, 11) is 3.78. The van der Waals surface area contributed by atoms with Crippen LogP contribution in [-0.2, 0) is 4.74 Å². The van der Waals surface area contributed by atoms with Gasteiger partial charge in [-0.25, -0.2) is 9.78 Å². The van der Waals surface area contributed by atoms with Crippen LogP contribution < -0.4 is 0 Å². The predicted octanol–water partition coefficient (Wildman–Crippen LogP) is 3.15. The number of aromatic nitrogens is 4. The molecule has 3 aromatic rings. The summed E-state index contributed by atoms with van der Waals surface area (Å²) in [5.41, 5.74) is 1.68. The van der Waals surface area contributed by atoms with Crippen LogP contribution in [0.4, 0.5) is 0 Å². The van der Waals surface area contributed by atoms with Crippen molar-refractivity contribution in [3.05, 3.63) is 52.9 Å². The molecule has 0 N–H and O–H groups in total. The van der Waals surface area contributed by atoms with Crippen molar-refractivity contribution in [2.24, 2.45) is 0 Å². The SMILES string of the molecule is CCOC(=O)c1cnc2nc(-c3ccc(Cl)cc3)nn2c1C=CN(C)C. The lowest BCUT2D eigenvalue weighted by Crippen LogP contribution is -2.12. The van der Waals surface area contributed by atoms with E-state index in [0.717, 1.165) is 5.56 Å². The Bertz CT molecular complexity index is 964. The van der Waals surface area contributed by atoms with Gasteiger partial charge in [-0.3, -0.25) is 0 Å². The van der Waals surface area contributed by atoms with Crippen LogP contribution in [-0.4, -0.2) is 51.2 Å². The van der Waals surface area contributed by atoms with E-state index in [1.807, 2.05) is 37.3 Å². The molecule has 7 nitrogen and oxygen atoms in total. The highest BCUT2D eigenvalue weighted by molar-refractivity contribution is 6.30. The van der Waals surface area contributed by atoms with E-state index in [2.05, 4.69) is 15.1 Å². The fourth-order valence-corrected chi connectivity index (χ4v) is 2.44. The second kappa shape index (κ2) is 7.53. The van der Waals surface area contributed by atoms with Gasteiger partial charge in [-0.1, -0.05) is 11.6 Å². The smallest absolute Gasteiger partial charge is 0.341 e. The molecule has 26 heavy (non-hydrogen) atoms. The summed E-state index contributed by atoms with van der Waals surface area (Å²) in [6.07, 6.45) is 5.06. The van der Waals surface area contributed by atoms with Crippen LogP contribution >= 0.6 is 11.6 Å². The Morgan fingerprint density at radius 3 is 2.69 bits per heavy atom. The van der Waals surface area contributed by atoms with Gasteiger partial charge in [0.2, 0.25) is 0 Å². The van der Waals surface area contributed by atoms with Gasteiger partial charge in [0.15, 0.2) is 5.82 Å². The number of halogens is 1. The molecule has 0 aliphatic heterocycles. The minimum Gasteiger partial charge on any atom is -0.462 e. The second-order valence-electron chi connectivity index (χ2n) is 5.71. The number of hydrogen-bond donors (Lipinski definition) is 0. The summed E-state index contributed by atoms with van der Waals surface area (Å²) in [6, 6.07) is 7.21. The zero-order valence-corrected chi connectivity index (χ0v) is 15.4. The van der Waals surface area contributed by atoms with Gasteiger partial charge in [0.05, 0.1) is 12.3 Å². The predicted molar refractivity (Wildman–Crippen MR) is 99.9 cm³/mol. The van der Waals surface area contributed by atoms with E-state index in [-0.39, 0.29) is 6.61 Å². The van der Waals surface area contributed by atoms with Crippen LogP contribution in [0.1, 0.15) is 23.0 Å². The first-order valence-corrected chi connectivity index (χ1v) is 8.41. The van der Waals surface area contributed by atoms with Crippen molar-refractivity contribution in [2.45, 2.75) is 6.92 Å². The van der Waals surface area contributed by atoms with Crippen LogP contribution in [0, 0.1) is 0 Å².